The van der Waals surface area contributed by atoms with E-state index in [2.05, 4.69) is 15.5 Å². The molecular formula is C24H21ClFN5O2S. The molecule has 0 saturated carbocycles. The second-order valence-corrected chi connectivity index (χ2v) is 8.76. The molecule has 34 heavy (non-hydrogen) atoms. The Balaban J connectivity index is 1.58. The van der Waals surface area contributed by atoms with Crippen LogP contribution in [0.25, 0.3) is 0 Å². The number of thioether (sulfide) groups is 1. The third-order valence-corrected chi connectivity index (χ3v) is 6.53. The van der Waals surface area contributed by atoms with Crippen molar-refractivity contribution in [2.75, 3.05) is 18.3 Å². The average Bonchev–Trinajstić information content (AvgIpc) is 3.18. The molecule has 3 aromatic carbocycles. The van der Waals surface area contributed by atoms with Crippen molar-refractivity contribution in [1.29, 1.82) is 0 Å². The minimum Gasteiger partial charge on any atom is -0.495 e. The molecule has 7 nitrogen and oxygen atoms in total. The van der Waals surface area contributed by atoms with Crippen molar-refractivity contribution < 1.29 is 13.9 Å². The number of nitrogens with two attached hydrogens (primary N) is 1. The summed E-state index contributed by atoms with van der Waals surface area (Å²) in [6.07, 6.45) is 0.170. The number of aromatic nitrogens is 3. The third kappa shape index (κ3) is 5.32. The number of carbonyl (C=O) groups is 1. The van der Waals surface area contributed by atoms with Gasteiger partial charge in [-0.2, -0.15) is 0 Å². The van der Waals surface area contributed by atoms with Crippen LogP contribution in [-0.2, 0) is 11.2 Å². The summed E-state index contributed by atoms with van der Waals surface area (Å²) in [6, 6.07) is 20.6. The number of methoxy groups -OCH3 is 1. The normalized spacial score (nSPS) is 11.7. The molecule has 0 aliphatic heterocycles. The molecule has 1 amide bonds. The van der Waals surface area contributed by atoms with Gasteiger partial charge in [-0.25, -0.2) is 9.07 Å². The van der Waals surface area contributed by atoms with Crippen molar-refractivity contribution in [2.45, 2.75) is 16.8 Å². The van der Waals surface area contributed by atoms with Crippen molar-refractivity contribution in [2.24, 2.45) is 0 Å². The van der Waals surface area contributed by atoms with Gasteiger partial charge in [-0.15, -0.1) is 10.2 Å². The molecule has 0 spiro atoms. The van der Waals surface area contributed by atoms with Gasteiger partial charge in [0.2, 0.25) is 11.1 Å². The van der Waals surface area contributed by atoms with Gasteiger partial charge in [0.05, 0.1) is 12.1 Å². The summed E-state index contributed by atoms with van der Waals surface area (Å²) in [5.41, 5.74) is 1.72. The smallest absolute Gasteiger partial charge is 0.242 e. The quantitative estimate of drug-likeness (QED) is 0.267. The Kier molecular flexibility index (Phi) is 7.34. The molecule has 0 unspecified atom stereocenters. The number of hydrogen-bond donors (Lipinski definition) is 2. The zero-order valence-corrected chi connectivity index (χ0v) is 19.7. The molecule has 4 rings (SSSR count). The lowest BCUT2D eigenvalue weighted by Crippen LogP contribution is -2.21. The van der Waals surface area contributed by atoms with E-state index in [-0.39, 0.29) is 18.1 Å². The van der Waals surface area contributed by atoms with Crippen molar-refractivity contribution >= 4 is 35.0 Å². The number of benzene rings is 3. The van der Waals surface area contributed by atoms with Gasteiger partial charge in [0.15, 0.2) is 5.82 Å². The minimum absolute atomic E-state index is 0.170. The molecule has 1 atom stereocenters. The molecule has 4 aromatic rings. The Morgan fingerprint density at radius 3 is 2.59 bits per heavy atom. The number of nitrogen functional groups attached to an aromatic ring is 1. The Hall–Kier alpha value is -3.56. The van der Waals surface area contributed by atoms with Crippen LogP contribution in [-0.4, -0.2) is 27.9 Å². The number of nitrogens with one attached hydrogen (secondary N) is 1. The minimum atomic E-state index is -0.685. The van der Waals surface area contributed by atoms with Crippen LogP contribution in [0.15, 0.2) is 78.0 Å². The molecule has 10 heteroatoms. The molecule has 3 N–H and O–H groups in total. The summed E-state index contributed by atoms with van der Waals surface area (Å²) >= 11 is 7.34. The zero-order valence-electron chi connectivity index (χ0n) is 18.1. The first-order valence-corrected chi connectivity index (χ1v) is 11.5. The molecule has 1 heterocycles. The summed E-state index contributed by atoms with van der Waals surface area (Å²) in [5, 5.41) is 11.1. The van der Waals surface area contributed by atoms with E-state index in [4.69, 9.17) is 22.2 Å². The highest BCUT2D eigenvalue weighted by molar-refractivity contribution is 8.00. The Labute approximate surface area is 205 Å². The van der Waals surface area contributed by atoms with Crippen LogP contribution in [0.2, 0.25) is 5.02 Å². The maximum absolute atomic E-state index is 14.1. The highest BCUT2D eigenvalue weighted by Crippen LogP contribution is 2.36. The molecule has 0 radical (unpaired) electrons. The molecule has 174 valence electrons. The standard InChI is InChI=1S/C24H21ClFN5O2S/c1-33-20-12-11-17(14-18(20)25)28-23(32)22(15-7-3-2-4-8-15)34-24-30-29-21(31(24)27)13-16-9-5-6-10-19(16)26/h2-12,14,22H,13,27H2,1H3,(H,28,32)/t22-/m1/s1. The third-order valence-electron chi connectivity index (χ3n) is 5.02. The molecule has 0 saturated heterocycles. The Morgan fingerprint density at radius 2 is 1.88 bits per heavy atom. The number of amides is 1. The van der Waals surface area contributed by atoms with Crippen LogP contribution in [0.3, 0.4) is 0 Å². The summed E-state index contributed by atoms with van der Waals surface area (Å²) in [7, 11) is 1.52. The van der Waals surface area contributed by atoms with Crippen LogP contribution in [0.1, 0.15) is 22.2 Å². The number of anilines is 1. The van der Waals surface area contributed by atoms with Gasteiger partial charge < -0.3 is 15.9 Å². The Bertz CT molecular complexity index is 1300. The van der Waals surface area contributed by atoms with Gasteiger partial charge >= 0.3 is 0 Å². The fraction of sp³-hybridized carbons (Fsp3) is 0.125. The summed E-state index contributed by atoms with van der Waals surface area (Å²) in [5.74, 6) is 6.46. The molecular weight excluding hydrogens is 477 g/mol. The average molecular weight is 498 g/mol. The number of nitrogens with zero attached hydrogens (tertiary/aromatic N) is 3. The predicted molar refractivity (Wildman–Crippen MR) is 131 cm³/mol. The van der Waals surface area contributed by atoms with Gasteiger partial charge in [-0.1, -0.05) is 71.9 Å². The lowest BCUT2D eigenvalue weighted by molar-refractivity contribution is -0.115. The highest BCUT2D eigenvalue weighted by atomic mass is 35.5. The first-order chi connectivity index (χ1) is 16.5. The van der Waals surface area contributed by atoms with Crippen LogP contribution in [0.4, 0.5) is 10.1 Å². The lowest BCUT2D eigenvalue weighted by atomic mass is 10.1. The SMILES string of the molecule is COc1ccc(NC(=O)[C@H](Sc2nnc(Cc3ccccc3F)n2N)c2ccccc2)cc1Cl. The second-order valence-electron chi connectivity index (χ2n) is 7.28. The van der Waals surface area contributed by atoms with Crippen molar-refractivity contribution in [3.8, 4) is 5.75 Å². The summed E-state index contributed by atoms with van der Waals surface area (Å²) in [6.45, 7) is 0. The van der Waals surface area contributed by atoms with E-state index in [0.29, 0.717) is 33.0 Å². The number of halogens is 2. The van der Waals surface area contributed by atoms with E-state index in [1.807, 2.05) is 30.3 Å². The van der Waals surface area contributed by atoms with E-state index in [1.54, 1.807) is 36.4 Å². The lowest BCUT2D eigenvalue weighted by Gasteiger charge is -2.17. The number of carbonyl (C=O) groups excluding carboxylic acids is 1. The van der Waals surface area contributed by atoms with Crippen LogP contribution in [0, 0.1) is 5.82 Å². The number of rotatable bonds is 8. The molecule has 0 aliphatic rings. The maximum Gasteiger partial charge on any atom is 0.242 e. The predicted octanol–water partition coefficient (Wildman–Crippen LogP) is 4.86. The molecule has 1 aromatic heterocycles. The van der Waals surface area contributed by atoms with Crippen molar-refractivity contribution in [3.05, 3.63) is 101 Å². The monoisotopic (exact) mass is 497 g/mol. The Morgan fingerprint density at radius 1 is 1.15 bits per heavy atom. The van der Waals surface area contributed by atoms with Crippen LogP contribution >= 0.6 is 23.4 Å². The fourth-order valence-electron chi connectivity index (χ4n) is 3.28. The summed E-state index contributed by atoms with van der Waals surface area (Å²) < 4.78 is 20.5. The highest BCUT2D eigenvalue weighted by Gasteiger charge is 2.26. The van der Waals surface area contributed by atoms with Crippen molar-refractivity contribution in [3.63, 3.8) is 0 Å². The van der Waals surface area contributed by atoms with E-state index in [0.717, 1.165) is 17.3 Å². The van der Waals surface area contributed by atoms with Crippen molar-refractivity contribution in [1.82, 2.24) is 14.9 Å². The van der Waals surface area contributed by atoms with Gasteiger partial charge in [0, 0.05) is 12.1 Å². The first kappa shape index (κ1) is 23.6. The molecule has 0 aliphatic carbocycles. The van der Waals surface area contributed by atoms with Gasteiger partial charge in [0.1, 0.15) is 16.8 Å². The molecule has 0 fully saturated rings. The number of ether oxygens (including phenoxy) is 1. The van der Waals surface area contributed by atoms with E-state index < -0.39 is 5.25 Å². The van der Waals surface area contributed by atoms with Gasteiger partial charge in [0.25, 0.3) is 0 Å². The fourth-order valence-corrected chi connectivity index (χ4v) is 4.51. The van der Waals surface area contributed by atoms with E-state index in [1.165, 1.54) is 17.9 Å². The molecule has 0 bridgehead atoms. The van der Waals surface area contributed by atoms with Gasteiger partial charge in [-0.05, 0) is 35.4 Å². The number of hydrogen-bond acceptors (Lipinski definition) is 6. The van der Waals surface area contributed by atoms with E-state index in [9.17, 15) is 9.18 Å². The summed E-state index contributed by atoms with van der Waals surface area (Å²) in [4.78, 5) is 13.3. The van der Waals surface area contributed by atoms with E-state index >= 15 is 0 Å². The maximum atomic E-state index is 14.1. The first-order valence-electron chi connectivity index (χ1n) is 10.2. The van der Waals surface area contributed by atoms with Crippen LogP contribution in [0.5, 0.6) is 5.75 Å². The zero-order chi connectivity index (χ0) is 24.1. The largest absolute Gasteiger partial charge is 0.495 e. The second kappa shape index (κ2) is 10.6. The van der Waals surface area contributed by atoms with Gasteiger partial charge in [-0.3, -0.25) is 4.79 Å². The van der Waals surface area contributed by atoms with Crippen LogP contribution < -0.4 is 15.9 Å². The topological polar surface area (TPSA) is 95.1 Å².